The number of amides is 2. The van der Waals surface area contributed by atoms with Crippen molar-refractivity contribution >= 4 is 22.7 Å². The average molecular weight is 440 g/mol. The fourth-order valence-electron chi connectivity index (χ4n) is 5.90. The van der Waals surface area contributed by atoms with Crippen LogP contribution >= 0.6 is 0 Å². The Labute approximate surface area is 189 Å². The Balaban J connectivity index is 1.49. The minimum Gasteiger partial charge on any atom is -0.497 e. The number of H-pyrrole nitrogens is 1. The van der Waals surface area contributed by atoms with Gasteiger partial charge in [-0.25, -0.2) is 0 Å². The number of rotatable bonds is 3. The number of hydrogen-bond donors (Lipinski definition) is 1. The first kappa shape index (κ1) is 21.3. The van der Waals surface area contributed by atoms with Gasteiger partial charge in [-0.15, -0.1) is 0 Å². The van der Waals surface area contributed by atoms with Crippen LogP contribution in [0.1, 0.15) is 55.4 Å². The summed E-state index contributed by atoms with van der Waals surface area (Å²) in [6.45, 7) is 3.55. The zero-order valence-corrected chi connectivity index (χ0v) is 18.9. The topological polar surface area (TPSA) is 74.9 Å². The molecule has 1 spiro atoms. The summed E-state index contributed by atoms with van der Waals surface area (Å²) >= 11 is 0. The normalized spacial score (nSPS) is 23.5. The molecule has 7 nitrogen and oxygen atoms in total. The predicted octanol–water partition coefficient (Wildman–Crippen LogP) is 3.59. The quantitative estimate of drug-likeness (QED) is 0.793. The third kappa shape index (κ3) is 3.76. The smallest absolute Gasteiger partial charge is 0.271 e. The largest absolute Gasteiger partial charge is 0.497 e. The van der Waals surface area contributed by atoms with E-state index in [-0.39, 0.29) is 17.2 Å². The van der Waals surface area contributed by atoms with Crippen LogP contribution in [-0.4, -0.2) is 72.6 Å². The maximum atomic E-state index is 13.9. The van der Waals surface area contributed by atoms with Gasteiger partial charge < -0.3 is 24.3 Å². The van der Waals surface area contributed by atoms with Crippen LogP contribution in [0, 0.1) is 5.41 Å². The highest BCUT2D eigenvalue weighted by Gasteiger charge is 2.52. The molecule has 1 N–H and O–H groups in total. The highest BCUT2D eigenvalue weighted by Crippen LogP contribution is 2.45. The van der Waals surface area contributed by atoms with Crippen molar-refractivity contribution in [3.63, 3.8) is 0 Å². The summed E-state index contributed by atoms with van der Waals surface area (Å²) in [5.41, 5.74) is 1.22. The molecule has 1 aromatic carbocycles. The van der Waals surface area contributed by atoms with Crippen molar-refractivity contribution in [1.82, 2.24) is 14.8 Å². The van der Waals surface area contributed by atoms with E-state index in [1.54, 1.807) is 7.11 Å². The van der Waals surface area contributed by atoms with Crippen LogP contribution in [0.2, 0.25) is 0 Å². The fraction of sp³-hybridized carbons (Fsp3) is 0.600. The van der Waals surface area contributed by atoms with E-state index in [4.69, 9.17) is 9.47 Å². The first-order chi connectivity index (χ1) is 15.6. The summed E-state index contributed by atoms with van der Waals surface area (Å²) in [6, 6.07) is 7.23. The first-order valence-electron chi connectivity index (χ1n) is 12.0. The van der Waals surface area contributed by atoms with Gasteiger partial charge in [0.1, 0.15) is 17.5 Å². The lowest BCUT2D eigenvalue weighted by molar-refractivity contribution is -0.149. The molecule has 5 rings (SSSR count). The highest BCUT2D eigenvalue weighted by molar-refractivity contribution is 6.00. The molecule has 3 aliphatic rings. The van der Waals surface area contributed by atoms with Crippen molar-refractivity contribution < 1.29 is 19.1 Å². The molecule has 2 amide bonds. The standard InChI is InChI=1S/C25H33N3O4/c1-31-19-7-6-18-16-21(26-20(18)17-19)23(29)28-13-5-8-25(9-14-32-15-10-25)22(28)24(30)27-11-3-2-4-12-27/h6-7,16-17,22,26H,2-5,8-15H2,1H3. The van der Waals surface area contributed by atoms with Gasteiger partial charge in [-0.05, 0) is 63.1 Å². The molecule has 1 unspecified atom stereocenters. The van der Waals surface area contributed by atoms with Crippen molar-refractivity contribution in [1.29, 1.82) is 0 Å². The van der Waals surface area contributed by atoms with Crippen LogP contribution in [-0.2, 0) is 9.53 Å². The van der Waals surface area contributed by atoms with Crippen LogP contribution in [0.4, 0.5) is 0 Å². The summed E-state index contributed by atoms with van der Waals surface area (Å²) in [5, 5.41) is 0.964. The third-order valence-corrected chi connectivity index (χ3v) is 7.68. The molecule has 3 saturated heterocycles. The molecule has 4 heterocycles. The lowest BCUT2D eigenvalue weighted by Gasteiger charge is -2.52. The van der Waals surface area contributed by atoms with E-state index in [1.165, 1.54) is 6.42 Å². The molecule has 1 aromatic heterocycles. The third-order valence-electron chi connectivity index (χ3n) is 7.68. The Morgan fingerprint density at radius 2 is 1.81 bits per heavy atom. The average Bonchev–Trinajstić information content (AvgIpc) is 3.27. The Bertz CT molecular complexity index is 983. The molecular formula is C25H33N3O4. The van der Waals surface area contributed by atoms with Gasteiger partial charge in [0.2, 0.25) is 5.91 Å². The van der Waals surface area contributed by atoms with Crippen molar-refractivity contribution in [2.45, 2.75) is 51.0 Å². The highest BCUT2D eigenvalue weighted by atomic mass is 16.5. The van der Waals surface area contributed by atoms with E-state index in [0.717, 1.165) is 68.3 Å². The van der Waals surface area contributed by atoms with Gasteiger partial charge in [0.05, 0.1) is 7.11 Å². The van der Waals surface area contributed by atoms with Gasteiger partial charge in [-0.2, -0.15) is 0 Å². The summed E-state index contributed by atoms with van der Waals surface area (Å²) in [4.78, 5) is 34.9. The van der Waals surface area contributed by atoms with Crippen molar-refractivity contribution in [3.8, 4) is 5.75 Å². The second-order valence-electron chi connectivity index (χ2n) is 9.50. The Hall–Kier alpha value is -2.54. The van der Waals surface area contributed by atoms with Gasteiger partial charge in [0.15, 0.2) is 0 Å². The zero-order valence-electron chi connectivity index (χ0n) is 18.9. The summed E-state index contributed by atoms with van der Waals surface area (Å²) in [5.74, 6) is 0.800. The second-order valence-corrected chi connectivity index (χ2v) is 9.50. The fourth-order valence-corrected chi connectivity index (χ4v) is 5.90. The Kier molecular flexibility index (Phi) is 5.84. The summed E-state index contributed by atoms with van der Waals surface area (Å²) < 4.78 is 11.0. The number of likely N-dealkylation sites (tertiary alicyclic amines) is 2. The van der Waals surface area contributed by atoms with Crippen molar-refractivity contribution in [2.24, 2.45) is 5.41 Å². The van der Waals surface area contributed by atoms with Gasteiger partial charge >= 0.3 is 0 Å². The predicted molar refractivity (Wildman–Crippen MR) is 122 cm³/mol. The van der Waals surface area contributed by atoms with E-state index in [1.807, 2.05) is 34.1 Å². The van der Waals surface area contributed by atoms with Gasteiger partial charge in [0.25, 0.3) is 5.91 Å². The number of methoxy groups -OCH3 is 1. The lowest BCUT2D eigenvalue weighted by Crippen LogP contribution is -2.63. The zero-order chi connectivity index (χ0) is 22.1. The minimum atomic E-state index is -0.410. The molecule has 0 aliphatic carbocycles. The van der Waals surface area contributed by atoms with Crippen molar-refractivity contribution in [3.05, 3.63) is 30.0 Å². The minimum absolute atomic E-state index is 0.0823. The lowest BCUT2D eigenvalue weighted by atomic mass is 9.67. The van der Waals surface area contributed by atoms with Crippen LogP contribution in [0.3, 0.4) is 0 Å². The number of fused-ring (bicyclic) bond motifs is 1. The number of nitrogens with one attached hydrogen (secondary N) is 1. The molecule has 172 valence electrons. The number of nitrogens with zero attached hydrogens (tertiary/aromatic N) is 2. The number of benzene rings is 1. The SMILES string of the molecule is COc1ccc2cc(C(=O)N3CCCC4(CCOCC4)C3C(=O)N3CCCCC3)[nH]c2c1. The van der Waals surface area contributed by atoms with E-state index >= 15 is 0 Å². The second kappa shape index (κ2) is 8.77. The molecule has 7 heteroatoms. The molecule has 3 aliphatic heterocycles. The number of aromatic nitrogens is 1. The summed E-state index contributed by atoms with van der Waals surface area (Å²) in [7, 11) is 1.63. The van der Waals surface area contributed by atoms with Gasteiger partial charge in [-0.3, -0.25) is 9.59 Å². The monoisotopic (exact) mass is 439 g/mol. The number of ether oxygens (including phenoxy) is 2. The number of carbonyl (C=O) groups excluding carboxylic acids is 2. The number of aromatic amines is 1. The number of carbonyl (C=O) groups is 2. The summed E-state index contributed by atoms with van der Waals surface area (Å²) in [6.07, 6.45) is 6.85. The molecular weight excluding hydrogens is 406 g/mol. The molecule has 32 heavy (non-hydrogen) atoms. The number of piperidine rings is 2. The first-order valence-corrected chi connectivity index (χ1v) is 12.0. The molecule has 3 fully saturated rings. The maximum absolute atomic E-state index is 13.9. The molecule has 0 radical (unpaired) electrons. The van der Waals surface area contributed by atoms with E-state index in [9.17, 15) is 9.59 Å². The van der Waals surface area contributed by atoms with Crippen LogP contribution in [0.5, 0.6) is 5.75 Å². The van der Waals surface area contributed by atoms with Crippen LogP contribution in [0.15, 0.2) is 24.3 Å². The van der Waals surface area contributed by atoms with Crippen LogP contribution in [0.25, 0.3) is 10.9 Å². The van der Waals surface area contributed by atoms with E-state index in [2.05, 4.69) is 4.98 Å². The molecule has 1 atom stereocenters. The Morgan fingerprint density at radius 3 is 2.56 bits per heavy atom. The van der Waals surface area contributed by atoms with E-state index < -0.39 is 6.04 Å². The maximum Gasteiger partial charge on any atom is 0.271 e. The molecule has 2 aromatic rings. The van der Waals surface area contributed by atoms with Gasteiger partial charge in [0, 0.05) is 55.2 Å². The van der Waals surface area contributed by atoms with Crippen molar-refractivity contribution in [2.75, 3.05) is 40.0 Å². The molecule has 0 saturated carbocycles. The van der Waals surface area contributed by atoms with Crippen LogP contribution < -0.4 is 4.74 Å². The number of hydrogen-bond acceptors (Lipinski definition) is 4. The van der Waals surface area contributed by atoms with Gasteiger partial charge in [-0.1, -0.05) is 0 Å². The van der Waals surface area contributed by atoms with E-state index in [0.29, 0.717) is 25.5 Å². The molecule has 0 bridgehead atoms. The Morgan fingerprint density at radius 1 is 1.03 bits per heavy atom.